The number of carbonyl (C=O) groups is 3. The van der Waals surface area contributed by atoms with Crippen LogP contribution in [0.2, 0.25) is 0 Å². The van der Waals surface area contributed by atoms with Crippen molar-refractivity contribution in [2.24, 2.45) is 0 Å². The van der Waals surface area contributed by atoms with Crippen LogP contribution in [-0.2, 0) is 9.59 Å². The summed E-state index contributed by atoms with van der Waals surface area (Å²) < 4.78 is 0. The van der Waals surface area contributed by atoms with Gasteiger partial charge in [-0.2, -0.15) is 0 Å². The molecule has 1 amide bonds. The largest absolute Gasteiger partial charge is 0.480 e. The zero-order valence-corrected chi connectivity index (χ0v) is 11.3. The number of nitrogens with one attached hydrogen (secondary N) is 1. The monoisotopic (exact) mass is 283 g/mol. The summed E-state index contributed by atoms with van der Waals surface area (Å²) in [6.07, 6.45) is 0.112. The highest BCUT2D eigenvalue weighted by Gasteiger charge is 2.14. The summed E-state index contributed by atoms with van der Waals surface area (Å²) in [6, 6.07) is 7.87. The lowest BCUT2D eigenvalue weighted by Crippen LogP contribution is -2.38. The van der Waals surface area contributed by atoms with Crippen molar-refractivity contribution in [2.75, 3.05) is 5.75 Å². The van der Waals surface area contributed by atoms with Gasteiger partial charge in [-0.15, -0.1) is 0 Å². The number of aliphatic carboxylic acids is 1. The van der Waals surface area contributed by atoms with E-state index in [4.69, 9.17) is 5.11 Å². The molecule has 6 heteroatoms. The highest BCUT2D eigenvalue weighted by Crippen LogP contribution is 2.12. The van der Waals surface area contributed by atoms with Crippen LogP contribution in [-0.4, -0.2) is 33.9 Å². The molecule has 0 bridgehead atoms. The minimum absolute atomic E-state index is 0. The number of hydrogen-bond donors (Lipinski definition) is 2. The first-order chi connectivity index (χ1) is 9.00. The fourth-order valence-electron chi connectivity index (χ4n) is 1.27. The van der Waals surface area contributed by atoms with Gasteiger partial charge in [0.2, 0.25) is 11.0 Å². The Labute approximate surface area is 116 Å². The zero-order chi connectivity index (χ0) is 14.3. The van der Waals surface area contributed by atoms with Gasteiger partial charge in [-0.25, -0.2) is 0 Å². The van der Waals surface area contributed by atoms with Crippen molar-refractivity contribution in [1.29, 1.82) is 0 Å². The molecule has 0 saturated carbocycles. The van der Waals surface area contributed by atoms with Gasteiger partial charge in [-0.3, -0.25) is 14.4 Å². The molecule has 0 heterocycles. The number of carbonyl (C=O) groups excluding carboxylic acids is 2. The topological polar surface area (TPSA) is 83.5 Å². The summed E-state index contributed by atoms with van der Waals surface area (Å²) in [6.45, 7) is 1.39. The molecule has 19 heavy (non-hydrogen) atoms. The second-order valence-corrected chi connectivity index (χ2v) is 4.95. The molecule has 1 unspecified atom stereocenters. The average molecular weight is 283 g/mol. The van der Waals surface area contributed by atoms with Crippen LogP contribution in [0.5, 0.6) is 0 Å². The molecular formula is C13H17NO4S. The maximum absolute atomic E-state index is 11.7. The molecule has 104 valence electrons. The van der Waals surface area contributed by atoms with Crippen molar-refractivity contribution < 1.29 is 20.9 Å². The van der Waals surface area contributed by atoms with Crippen LogP contribution < -0.4 is 5.32 Å². The van der Waals surface area contributed by atoms with Crippen molar-refractivity contribution in [2.45, 2.75) is 19.4 Å². The third-order valence-electron chi connectivity index (χ3n) is 2.32. The van der Waals surface area contributed by atoms with Gasteiger partial charge < -0.3 is 10.4 Å². The summed E-state index contributed by atoms with van der Waals surface area (Å²) >= 11 is 1.05. The minimum Gasteiger partial charge on any atom is -0.480 e. The van der Waals surface area contributed by atoms with Crippen LogP contribution in [0, 0.1) is 0 Å². The minimum atomic E-state index is -1.08. The van der Waals surface area contributed by atoms with E-state index < -0.39 is 12.0 Å². The number of hydrogen-bond acceptors (Lipinski definition) is 4. The van der Waals surface area contributed by atoms with E-state index >= 15 is 0 Å². The lowest BCUT2D eigenvalue weighted by atomic mass is 10.2. The standard InChI is InChI=1S/C13H15NO4S.H2/c1-9(12(16)17)14-11(15)7-8-19-13(18)10-5-3-2-4-6-10;/h2-6,9H,7-8H2,1H3,(H,14,15)(H,16,17);1H. The van der Waals surface area contributed by atoms with Crippen LogP contribution in [0.25, 0.3) is 0 Å². The summed E-state index contributed by atoms with van der Waals surface area (Å²) in [5.74, 6) is -1.13. The third-order valence-corrected chi connectivity index (χ3v) is 3.23. The molecule has 1 atom stereocenters. The second-order valence-electron chi connectivity index (χ2n) is 3.88. The Kier molecular flexibility index (Phi) is 6.08. The summed E-state index contributed by atoms with van der Waals surface area (Å²) in [7, 11) is 0. The molecule has 0 aliphatic rings. The number of carboxylic acid groups (broad SMARTS) is 1. The Morgan fingerprint density at radius 2 is 1.95 bits per heavy atom. The zero-order valence-electron chi connectivity index (χ0n) is 10.5. The molecule has 1 aromatic rings. The van der Waals surface area contributed by atoms with E-state index in [1.54, 1.807) is 24.3 Å². The van der Waals surface area contributed by atoms with Crippen molar-refractivity contribution in [1.82, 2.24) is 5.32 Å². The maximum atomic E-state index is 11.7. The molecule has 0 aromatic heterocycles. The normalized spacial score (nSPS) is 11.6. The van der Waals surface area contributed by atoms with Crippen LogP contribution in [0.15, 0.2) is 30.3 Å². The molecular weight excluding hydrogens is 266 g/mol. The predicted octanol–water partition coefficient (Wildman–Crippen LogP) is 1.79. The Morgan fingerprint density at radius 1 is 1.32 bits per heavy atom. The van der Waals surface area contributed by atoms with Crippen LogP contribution >= 0.6 is 11.8 Å². The number of carboxylic acids is 1. The maximum Gasteiger partial charge on any atom is 0.325 e. The van der Waals surface area contributed by atoms with Gasteiger partial charge >= 0.3 is 5.97 Å². The van der Waals surface area contributed by atoms with E-state index in [1.807, 2.05) is 6.07 Å². The smallest absolute Gasteiger partial charge is 0.325 e. The Morgan fingerprint density at radius 3 is 2.53 bits per heavy atom. The lowest BCUT2D eigenvalue weighted by Gasteiger charge is -2.08. The van der Waals surface area contributed by atoms with Crippen molar-refractivity contribution >= 4 is 28.8 Å². The number of rotatable bonds is 6. The first-order valence-corrected chi connectivity index (χ1v) is 6.73. The highest BCUT2D eigenvalue weighted by atomic mass is 32.2. The van der Waals surface area contributed by atoms with E-state index in [2.05, 4.69) is 5.32 Å². The fraction of sp³-hybridized carbons (Fsp3) is 0.308. The number of benzene rings is 1. The Bertz CT molecular complexity index is 467. The summed E-state index contributed by atoms with van der Waals surface area (Å²) in [5, 5.41) is 10.9. The fourth-order valence-corrected chi connectivity index (χ4v) is 2.04. The average Bonchev–Trinajstić information content (AvgIpc) is 2.39. The van der Waals surface area contributed by atoms with E-state index in [0.717, 1.165) is 11.8 Å². The molecule has 0 aliphatic carbocycles. The third kappa shape index (κ3) is 5.56. The van der Waals surface area contributed by atoms with E-state index in [1.165, 1.54) is 6.92 Å². The highest BCUT2D eigenvalue weighted by molar-refractivity contribution is 8.14. The van der Waals surface area contributed by atoms with Gasteiger partial charge in [0.1, 0.15) is 6.04 Å². The lowest BCUT2D eigenvalue weighted by molar-refractivity contribution is -0.141. The molecule has 0 aliphatic heterocycles. The first-order valence-electron chi connectivity index (χ1n) is 5.75. The van der Waals surface area contributed by atoms with Gasteiger partial charge in [-0.1, -0.05) is 42.1 Å². The molecule has 0 spiro atoms. The van der Waals surface area contributed by atoms with E-state index in [9.17, 15) is 14.4 Å². The van der Waals surface area contributed by atoms with Gasteiger partial charge in [0.05, 0.1) is 0 Å². The van der Waals surface area contributed by atoms with Gasteiger partial charge in [-0.05, 0) is 6.92 Å². The first kappa shape index (κ1) is 15.2. The number of amides is 1. The predicted molar refractivity (Wildman–Crippen MR) is 75.2 cm³/mol. The molecule has 0 fully saturated rings. The molecule has 1 rings (SSSR count). The van der Waals surface area contributed by atoms with E-state index in [0.29, 0.717) is 11.3 Å². The van der Waals surface area contributed by atoms with Crippen LogP contribution in [0.4, 0.5) is 0 Å². The van der Waals surface area contributed by atoms with Crippen molar-refractivity contribution in [3.05, 3.63) is 35.9 Å². The Balaban J connectivity index is 0.00000361. The molecule has 0 radical (unpaired) electrons. The summed E-state index contributed by atoms with van der Waals surface area (Å²) in [4.78, 5) is 33.6. The Hall–Kier alpha value is -1.82. The van der Waals surface area contributed by atoms with Crippen molar-refractivity contribution in [3.8, 4) is 0 Å². The molecule has 2 N–H and O–H groups in total. The molecule has 0 saturated heterocycles. The quantitative estimate of drug-likeness (QED) is 0.831. The van der Waals surface area contributed by atoms with Gasteiger partial charge in [0.15, 0.2) is 0 Å². The summed E-state index contributed by atoms with van der Waals surface area (Å²) in [5.41, 5.74) is 0.590. The van der Waals surface area contributed by atoms with Crippen LogP contribution in [0.1, 0.15) is 25.1 Å². The van der Waals surface area contributed by atoms with E-state index in [-0.39, 0.29) is 18.9 Å². The second kappa shape index (κ2) is 7.58. The SMILES string of the molecule is CC(NC(=O)CCSC(=O)c1ccccc1)C(=O)O.[HH]. The number of thioether (sulfide) groups is 1. The molecule has 1 aromatic carbocycles. The van der Waals surface area contributed by atoms with Crippen LogP contribution in [0.3, 0.4) is 0 Å². The van der Waals surface area contributed by atoms with Crippen molar-refractivity contribution in [3.63, 3.8) is 0 Å². The van der Waals surface area contributed by atoms with Gasteiger partial charge in [0, 0.05) is 19.2 Å². The molecule has 5 nitrogen and oxygen atoms in total. The van der Waals surface area contributed by atoms with Gasteiger partial charge in [0.25, 0.3) is 0 Å².